The molecule has 0 bridgehead atoms. The highest BCUT2D eigenvalue weighted by molar-refractivity contribution is 7.92. The molecule has 3 rings (SSSR count). The number of benzene rings is 1. The molecular formula is C12H13NO3S. The molecule has 0 spiro atoms. The van der Waals surface area contributed by atoms with Crippen molar-refractivity contribution in [3.63, 3.8) is 0 Å². The molecule has 5 heteroatoms. The van der Waals surface area contributed by atoms with Crippen molar-refractivity contribution < 1.29 is 13.2 Å². The van der Waals surface area contributed by atoms with Crippen molar-refractivity contribution in [1.82, 2.24) is 4.90 Å². The van der Waals surface area contributed by atoms with Gasteiger partial charge >= 0.3 is 0 Å². The topological polar surface area (TPSA) is 54.5 Å². The maximum absolute atomic E-state index is 12.3. The molecule has 0 aliphatic carbocycles. The van der Waals surface area contributed by atoms with Crippen molar-refractivity contribution in [2.75, 3.05) is 6.54 Å². The van der Waals surface area contributed by atoms with E-state index < -0.39 is 15.1 Å². The number of fused-ring (bicyclic) bond motifs is 1. The zero-order valence-corrected chi connectivity index (χ0v) is 10.1. The molecule has 1 aromatic rings. The summed E-state index contributed by atoms with van der Waals surface area (Å²) >= 11 is 0. The molecule has 2 saturated heterocycles. The molecule has 0 aromatic heterocycles. The van der Waals surface area contributed by atoms with Crippen LogP contribution in [0.2, 0.25) is 0 Å². The van der Waals surface area contributed by atoms with Crippen LogP contribution in [0.1, 0.15) is 12.8 Å². The van der Waals surface area contributed by atoms with E-state index in [-0.39, 0.29) is 11.9 Å². The number of hydrogen-bond donors (Lipinski definition) is 0. The van der Waals surface area contributed by atoms with Crippen LogP contribution in [0, 0.1) is 0 Å². The van der Waals surface area contributed by atoms with Crippen molar-refractivity contribution >= 4 is 15.7 Å². The maximum atomic E-state index is 12.3. The highest BCUT2D eigenvalue weighted by Gasteiger charge is 2.48. The molecule has 1 aromatic carbocycles. The van der Waals surface area contributed by atoms with E-state index in [0.29, 0.717) is 24.3 Å². The Morgan fingerprint density at radius 3 is 2.47 bits per heavy atom. The Bertz CT molecular complexity index is 552. The van der Waals surface area contributed by atoms with Gasteiger partial charge in [0.2, 0.25) is 5.91 Å². The molecular weight excluding hydrogens is 238 g/mol. The van der Waals surface area contributed by atoms with Crippen molar-refractivity contribution in [3.8, 4) is 0 Å². The second-order valence-corrected chi connectivity index (χ2v) is 6.85. The summed E-state index contributed by atoms with van der Waals surface area (Å²) in [5.74, 6) is 0.0840. The van der Waals surface area contributed by atoms with Gasteiger partial charge < -0.3 is 4.90 Å². The molecule has 2 heterocycles. The van der Waals surface area contributed by atoms with Crippen molar-refractivity contribution in [2.24, 2.45) is 0 Å². The summed E-state index contributed by atoms with van der Waals surface area (Å²) in [7, 11) is -3.28. The lowest BCUT2D eigenvalue weighted by Crippen LogP contribution is -2.48. The first-order chi connectivity index (χ1) is 8.09. The fourth-order valence-corrected chi connectivity index (χ4v) is 4.36. The zero-order valence-electron chi connectivity index (χ0n) is 9.24. The van der Waals surface area contributed by atoms with Gasteiger partial charge in [-0.3, -0.25) is 4.79 Å². The number of sulfone groups is 1. The van der Waals surface area contributed by atoms with Crippen LogP contribution in [-0.2, 0) is 14.6 Å². The summed E-state index contributed by atoms with van der Waals surface area (Å²) in [6, 6.07) is 8.64. The van der Waals surface area contributed by atoms with E-state index >= 15 is 0 Å². The third-order valence-electron chi connectivity index (χ3n) is 3.62. The van der Waals surface area contributed by atoms with Gasteiger partial charge in [0.05, 0.1) is 10.1 Å². The smallest absolute Gasteiger partial charge is 0.224 e. The van der Waals surface area contributed by atoms with Crippen LogP contribution >= 0.6 is 0 Å². The number of carbonyl (C=O) groups is 1. The summed E-state index contributed by atoms with van der Waals surface area (Å²) in [5.41, 5.74) is 0. The summed E-state index contributed by atoms with van der Waals surface area (Å²) < 4.78 is 24.6. The average Bonchev–Trinajstić information content (AvgIpc) is 2.68. The summed E-state index contributed by atoms with van der Waals surface area (Å²) in [6.07, 6.45) is 1.10. The Hall–Kier alpha value is -1.36. The van der Waals surface area contributed by atoms with E-state index in [0.717, 1.165) is 0 Å². The number of nitrogens with zero attached hydrogens (tertiary/aromatic N) is 1. The van der Waals surface area contributed by atoms with E-state index in [4.69, 9.17) is 0 Å². The van der Waals surface area contributed by atoms with Crippen LogP contribution in [0.5, 0.6) is 0 Å². The van der Waals surface area contributed by atoms with Gasteiger partial charge in [0.25, 0.3) is 0 Å². The first kappa shape index (κ1) is 10.8. The molecule has 2 fully saturated rings. The second kappa shape index (κ2) is 3.57. The number of hydrogen-bond acceptors (Lipinski definition) is 3. The monoisotopic (exact) mass is 251 g/mol. The minimum Gasteiger partial charge on any atom is -0.338 e. The van der Waals surface area contributed by atoms with Gasteiger partial charge in [-0.25, -0.2) is 8.42 Å². The molecule has 1 amide bonds. The lowest BCUT2D eigenvalue weighted by atomic mass is 10.0. The van der Waals surface area contributed by atoms with Gasteiger partial charge in [-0.05, 0) is 18.6 Å². The van der Waals surface area contributed by atoms with Gasteiger partial charge in [0.15, 0.2) is 9.84 Å². The SMILES string of the molecule is O=C1CC2CC(S(=O)(=O)c3ccccc3)CN12. The van der Waals surface area contributed by atoms with E-state index in [1.807, 2.05) is 0 Å². The van der Waals surface area contributed by atoms with Crippen molar-refractivity contribution in [2.45, 2.75) is 29.0 Å². The minimum absolute atomic E-state index is 0.0840. The molecule has 2 atom stereocenters. The summed E-state index contributed by atoms with van der Waals surface area (Å²) in [5, 5.41) is -0.429. The Labute approximate surface area is 100 Å². The predicted octanol–water partition coefficient (Wildman–Crippen LogP) is 0.834. The molecule has 0 radical (unpaired) electrons. The molecule has 0 saturated carbocycles. The highest BCUT2D eigenvalue weighted by atomic mass is 32.2. The molecule has 17 heavy (non-hydrogen) atoms. The second-order valence-electron chi connectivity index (χ2n) is 4.62. The lowest BCUT2D eigenvalue weighted by Gasteiger charge is -2.33. The van der Waals surface area contributed by atoms with Crippen molar-refractivity contribution in [3.05, 3.63) is 30.3 Å². The van der Waals surface area contributed by atoms with Gasteiger partial charge in [-0.15, -0.1) is 0 Å². The minimum atomic E-state index is -3.28. The van der Waals surface area contributed by atoms with E-state index in [9.17, 15) is 13.2 Å². The van der Waals surface area contributed by atoms with Crippen LogP contribution < -0.4 is 0 Å². The van der Waals surface area contributed by atoms with Gasteiger partial charge in [-0.1, -0.05) is 18.2 Å². The van der Waals surface area contributed by atoms with Gasteiger partial charge in [0, 0.05) is 19.0 Å². The van der Waals surface area contributed by atoms with E-state index in [2.05, 4.69) is 0 Å². The first-order valence-electron chi connectivity index (χ1n) is 5.67. The largest absolute Gasteiger partial charge is 0.338 e. The molecule has 2 aliphatic heterocycles. The summed E-state index contributed by atoms with van der Waals surface area (Å²) in [4.78, 5) is 13.3. The normalized spacial score (nSPS) is 27.8. The zero-order chi connectivity index (χ0) is 12.0. The molecule has 2 aliphatic rings. The third-order valence-corrected chi connectivity index (χ3v) is 5.77. The average molecular weight is 251 g/mol. The van der Waals surface area contributed by atoms with Crippen LogP contribution in [0.3, 0.4) is 0 Å². The Balaban J connectivity index is 1.88. The maximum Gasteiger partial charge on any atom is 0.224 e. The van der Waals surface area contributed by atoms with Crippen molar-refractivity contribution in [1.29, 1.82) is 0 Å². The van der Waals surface area contributed by atoms with Gasteiger partial charge in [0.1, 0.15) is 0 Å². The summed E-state index contributed by atoms with van der Waals surface area (Å²) in [6.45, 7) is 0.362. The molecule has 90 valence electrons. The number of β-lactam (4-membered cyclic amide) rings is 1. The fourth-order valence-electron chi connectivity index (χ4n) is 2.61. The Kier molecular flexibility index (Phi) is 2.26. The van der Waals surface area contributed by atoms with Gasteiger partial charge in [-0.2, -0.15) is 0 Å². The standard InChI is InChI=1S/C12H13NO3S/c14-12-7-9-6-11(8-13(9)12)17(15,16)10-4-2-1-3-5-10/h1-5,9,11H,6-8H2. The fraction of sp³-hybridized carbons (Fsp3) is 0.417. The van der Waals surface area contributed by atoms with Crippen LogP contribution in [0.15, 0.2) is 35.2 Å². The Morgan fingerprint density at radius 1 is 1.18 bits per heavy atom. The third kappa shape index (κ3) is 1.57. The number of carbonyl (C=O) groups excluding carboxylic acids is 1. The Morgan fingerprint density at radius 2 is 1.88 bits per heavy atom. The first-order valence-corrected chi connectivity index (χ1v) is 7.22. The molecule has 2 unspecified atom stereocenters. The number of rotatable bonds is 2. The predicted molar refractivity (Wildman–Crippen MR) is 62.2 cm³/mol. The lowest BCUT2D eigenvalue weighted by molar-refractivity contribution is -0.142. The molecule has 4 nitrogen and oxygen atoms in total. The van der Waals surface area contributed by atoms with Crippen LogP contribution in [-0.4, -0.2) is 37.1 Å². The van der Waals surface area contributed by atoms with Crippen LogP contribution in [0.25, 0.3) is 0 Å². The quantitative estimate of drug-likeness (QED) is 0.732. The van der Waals surface area contributed by atoms with Crippen LogP contribution in [0.4, 0.5) is 0 Å². The van der Waals surface area contributed by atoms with E-state index in [1.165, 1.54) is 0 Å². The van der Waals surface area contributed by atoms with E-state index in [1.54, 1.807) is 35.2 Å². The molecule has 0 N–H and O–H groups in total. The number of amides is 1. The highest BCUT2D eigenvalue weighted by Crippen LogP contribution is 2.35.